The minimum atomic E-state index is -0.534. The first-order valence-corrected chi connectivity index (χ1v) is 5.85. The van der Waals surface area contributed by atoms with E-state index in [9.17, 15) is 14.8 Å². The van der Waals surface area contributed by atoms with Crippen molar-refractivity contribution < 1.29 is 19.6 Å². The molecule has 2 saturated heterocycles. The van der Waals surface area contributed by atoms with Gasteiger partial charge in [0, 0.05) is 6.54 Å². The number of urea groups is 1. The predicted molar refractivity (Wildman–Crippen MR) is 56.9 cm³/mol. The molecule has 2 aliphatic rings. The van der Waals surface area contributed by atoms with Crippen LogP contribution < -0.4 is 5.48 Å². The van der Waals surface area contributed by atoms with Crippen LogP contribution in [-0.4, -0.2) is 52.3 Å². The van der Waals surface area contributed by atoms with E-state index in [4.69, 9.17) is 4.84 Å². The van der Waals surface area contributed by atoms with Gasteiger partial charge in [-0.25, -0.2) is 15.3 Å². The Labute approximate surface area is 99.2 Å². The van der Waals surface area contributed by atoms with E-state index in [0.717, 1.165) is 11.5 Å². The van der Waals surface area contributed by atoms with E-state index in [1.54, 1.807) is 0 Å². The third kappa shape index (κ3) is 2.20. The van der Waals surface area contributed by atoms with Crippen LogP contribution in [0.15, 0.2) is 0 Å². The first-order chi connectivity index (χ1) is 8.15. The summed E-state index contributed by atoms with van der Waals surface area (Å²) in [6, 6.07) is -1.21. The smallest absolute Gasteiger partial charge is 0.309 e. The van der Waals surface area contributed by atoms with Crippen LogP contribution in [0, 0.1) is 0 Å². The average Bonchev–Trinajstić information content (AvgIpc) is 2.55. The fraction of sp³-hybridized carbons (Fsp3) is 0.800. The molecule has 2 rings (SSSR count). The zero-order valence-corrected chi connectivity index (χ0v) is 9.76. The minimum Gasteiger partial charge on any atom is -0.309 e. The van der Waals surface area contributed by atoms with Crippen molar-refractivity contribution in [3.63, 3.8) is 0 Å². The summed E-state index contributed by atoms with van der Waals surface area (Å²) >= 11 is 0. The van der Waals surface area contributed by atoms with Gasteiger partial charge in [-0.15, -0.1) is 0 Å². The van der Waals surface area contributed by atoms with Crippen molar-refractivity contribution in [1.29, 1.82) is 0 Å². The highest BCUT2D eigenvalue weighted by molar-refractivity contribution is 5.87. The van der Waals surface area contributed by atoms with E-state index in [0.29, 0.717) is 26.0 Å². The van der Waals surface area contributed by atoms with Crippen LogP contribution in [0.1, 0.15) is 26.2 Å². The van der Waals surface area contributed by atoms with Gasteiger partial charge in [0.25, 0.3) is 5.91 Å². The lowest BCUT2D eigenvalue weighted by atomic mass is 10.0. The molecule has 0 aromatic rings. The van der Waals surface area contributed by atoms with Gasteiger partial charge in [0.15, 0.2) is 0 Å². The molecule has 2 heterocycles. The molecule has 2 atom stereocenters. The Hall–Kier alpha value is -1.34. The number of nitrogens with one attached hydrogen (secondary N) is 1. The van der Waals surface area contributed by atoms with E-state index >= 15 is 0 Å². The number of hydrogen-bond donors (Lipinski definition) is 2. The number of fused-ring (bicyclic) bond motifs is 2. The van der Waals surface area contributed by atoms with E-state index in [1.165, 1.54) is 4.90 Å². The topological polar surface area (TPSA) is 82.1 Å². The Kier molecular flexibility index (Phi) is 3.49. The summed E-state index contributed by atoms with van der Waals surface area (Å²) in [7, 11) is 0. The Morgan fingerprint density at radius 2 is 2.35 bits per heavy atom. The minimum absolute atomic E-state index is 0.178. The standard InChI is InChI=1S/C10H17N3O4/c1-2-5-17-11-9(14)8-4-3-7-6-12(8)10(15)13(7)16/h7-8,16H,2-6H2,1H3,(H,11,14)/t7-,8+/m1/s1. The Bertz CT molecular complexity index is 323. The van der Waals surface area contributed by atoms with Gasteiger partial charge in [0.2, 0.25) is 0 Å². The third-order valence-electron chi connectivity index (χ3n) is 3.13. The van der Waals surface area contributed by atoms with E-state index in [1.807, 2.05) is 6.92 Å². The Morgan fingerprint density at radius 1 is 1.59 bits per heavy atom. The number of rotatable bonds is 4. The lowest BCUT2D eigenvalue weighted by molar-refractivity contribution is -0.138. The number of piperidine rings is 1. The predicted octanol–water partition coefficient (Wildman–Crippen LogP) is 0.102. The second kappa shape index (κ2) is 4.89. The second-order valence-electron chi connectivity index (χ2n) is 4.34. The second-order valence-corrected chi connectivity index (χ2v) is 4.34. The summed E-state index contributed by atoms with van der Waals surface area (Å²) in [5.74, 6) is -0.319. The van der Waals surface area contributed by atoms with Crippen molar-refractivity contribution in [3.8, 4) is 0 Å². The highest BCUT2D eigenvalue weighted by Crippen LogP contribution is 2.28. The van der Waals surface area contributed by atoms with Crippen molar-refractivity contribution in [2.24, 2.45) is 0 Å². The number of amides is 3. The molecule has 0 aromatic carbocycles. The SMILES string of the molecule is CCCONC(=O)[C@@H]1CC[C@@H]2CN1C(=O)N2O. The van der Waals surface area contributed by atoms with Crippen LogP contribution in [0.4, 0.5) is 4.79 Å². The molecule has 2 bridgehead atoms. The van der Waals surface area contributed by atoms with Gasteiger partial charge in [0.05, 0.1) is 12.6 Å². The first-order valence-electron chi connectivity index (χ1n) is 5.85. The zero-order chi connectivity index (χ0) is 12.4. The van der Waals surface area contributed by atoms with Gasteiger partial charge in [-0.05, 0) is 19.3 Å². The zero-order valence-electron chi connectivity index (χ0n) is 9.76. The van der Waals surface area contributed by atoms with Gasteiger partial charge in [-0.3, -0.25) is 14.8 Å². The molecule has 0 spiro atoms. The molecule has 17 heavy (non-hydrogen) atoms. The van der Waals surface area contributed by atoms with Crippen molar-refractivity contribution in [1.82, 2.24) is 15.4 Å². The molecule has 0 aliphatic carbocycles. The van der Waals surface area contributed by atoms with Crippen molar-refractivity contribution in [2.45, 2.75) is 38.3 Å². The van der Waals surface area contributed by atoms with Gasteiger partial charge in [-0.1, -0.05) is 6.92 Å². The van der Waals surface area contributed by atoms with E-state index in [2.05, 4.69) is 5.48 Å². The number of carbonyl (C=O) groups is 2. The highest BCUT2D eigenvalue weighted by Gasteiger charge is 2.46. The summed E-state index contributed by atoms with van der Waals surface area (Å²) in [5, 5.41) is 10.2. The molecular formula is C10H17N3O4. The Morgan fingerprint density at radius 3 is 3.06 bits per heavy atom. The van der Waals surface area contributed by atoms with Crippen LogP contribution in [0.3, 0.4) is 0 Å². The molecule has 0 unspecified atom stereocenters. The van der Waals surface area contributed by atoms with E-state index < -0.39 is 12.1 Å². The molecule has 0 aromatic heterocycles. The normalized spacial score (nSPS) is 27.5. The van der Waals surface area contributed by atoms with Crippen molar-refractivity contribution >= 4 is 11.9 Å². The number of carbonyl (C=O) groups excluding carboxylic acids is 2. The molecule has 2 fully saturated rings. The summed E-state index contributed by atoms with van der Waals surface area (Å²) in [6.07, 6.45) is 1.99. The maximum Gasteiger partial charge on any atom is 0.344 e. The summed E-state index contributed by atoms with van der Waals surface area (Å²) in [4.78, 5) is 29.7. The molecule has 0 saturated carbocycles. The Balaban J connectivity index is 1.93. The summed E-state index contributed by atoms with van der Waals surface area (Å²) < 4.78 is 0. The molecule has 0 radical (unpaired) electrons. The fourth-order valence-electron chi connectivity index (χ4n) is 2.22. The molecule has 3 amide bonds. The lowest BCUT2D eigenvalue weighted by Gasteiger charge is -2.28. The molecule has 96 valence electrons. The molecule has 2 N–H and O–H groups in total. The first kappa shape index (κ1) is 12.1. The molecule has 2 aliphatic heterocycles. The summed E-state index contributed by atoms with van der Waals surface area (Å²) in [5.41, 5.74) is 2.34. The molecular weight excluding hydrogens is 226 g/mol. The number of hydroxylamine groups is 3. The van der Waals surface area contributed by atoms with Crippen molar-refractivity contribution in [2.75, 3.05) is 13.2 Å². The number of nitrogens with zero attached hydrogens (tertiary/aromatic N) is 2. The van der Waals surface area contributed by atoms with Crippen LogP contribution in [0.2, 0.25) is 0 Å². The van der Waals surface area contributed by atoms with Crippen LogP contribution in [0.5, 0.6) is 0 Å². The quantitative estimate of drug-likeness (QED) is 0.417. The van der Waals surface area contributed by atoms with Crippen LogP contribution in [0.25, 0.3) is 0 Å². The molecule has 7 nitrogen and oxygen atoms in total. The van der Waals surface area contributed by atoms with E-state index in [-0.39, 0.29) is 11.9 Å². The number of hydrogen-bond acceptors (Lipinski definition) is 4. The van der Waals surface area contributed by atoms with Gasteiger partial charge >= 0.3 is 6.03 Å². The monoisotopic (exact) mass is 243 g/mol. The van der Waals surface area contributed by atoms with Gasteiger partial charge < -0.3 is 4.90 Å². The van der Waals surface area contributed by atoms with Crippen molar-refractivity contribution in [3.05, 3.63) is 0 Å². The highest BCUT2D eigenvalue weighted by atomic mass is 16.6. The maximum absolute atomic E-state index is 11.8. The lowest BCUT2D eigenvalue weighted by Crippen LogP contribution is -2.49. The largest absolute Gasteiger partial charge is 0.344 e. The van der Waals surface area contributed by atoms with Crippen LogP contribution >= 0.6 is 0 Å². The van der Waals surface area contributed by atoms with Crippen LogP contribution in [-0.2, 0) is 9.63 Å². The summed E-state index contributed by atoms with van der Waals surface area (Å²) in [6.45, 7) is 2.79. The van der Waals surface area contributed by atoms with Gasteiger partial charge in [0.1, 0.15) is 6.04 Å². The third-order valence-corrected chi connectivity index (χ3v) is 3.13. The van der Waals surface area contributed by atoms with Gasteiger partial charge in [-0.2, -0.15) is 0 Å². The fourth-order valence-corrected chi connectivity index (χ4v) is 2.22. The average molecular weight is 243 g/mol. The molecule has 7 heteroatoms. The maximum atomic E-state index is 11.8.